The van der Waals surface area contributed by atoms with E-state index in [1.54, 1.807) is 6.08 Å². The van der Waals surface area contributed by atoms with Gasteiger partial charge >= 0.3 is 0 Å². The molecule has 1 aromatic rings. The van der Waals surface area contributed by atoms with Crippen LogP contribution in [0, 0.1) is 5.82 Å². The summed E-state index contributed by atoms with van der Waals surface area (Å²) in [5.74, 6) is -0.440. The molecule has 0 radical (unpaired) electrons. The van der Waals surface area contributed by atoms with Crippen molar-refractivity contribution in [1.29, 1.82) is 0 Å². The molecule has 0 fully saturated rings. The van der Waals surface area contributed by atoms with Gasteiger partial charge in [0, 0.05) is 11.6 Å². The van der Waals surface area contributed by atoms with Crippen molar-refractivity contribution in [2.75, 3.05) is 0 Å². The predicted octanol–water partition coefficient (Wildman–Crippen LogP) is 2.87. The molecule has 0 aliphatic heterocycles. The Labute approximate surface area is 90.4 Å². The maximum atomic E-state index is 13.0. The third-order valence-electron chi connectivity index (χ3n) is 1.88. The van der Waals surface area contributed by atoms with E-state index in [0.717, 1.165) is 0 Å². The van der Waals surface area contributed by atoms with E-state index in [1.165, 1.54) is 12.1 Å². The monoisotopic (exact) mass is 259 g/mol. The Morgan fingerprint density at radius 3 is 2.86 bits per heavy atom. The highest BCUT2D eigenvalue weighted by Crippen LogP contribution is 2.33. The minimum absolute atomic E-state index is 0.0132. The van der Waals surface area contributed by atoms with Gasteiger partial charge in [-0.2, -0.15) is 0 Å². The number of benzene rings is 1. The number of hydrogen-bond donors (Lipinski definition) is 2. The zero-order valence-corrected chi connectivity index (χ0v) is 9.09. The maximum Gasteiger partial charge on any atom is 0.134 e. The largest absolute Gasteiger partial charge is 0.506 e. The topological polar surface area (TPSA) is 46.2 Å². The minimum Gasteiger partial charge on any atom is -0.506 e. The Kier molecular flexibility index (Phi) is 3.66. The van der Waals surface area contributed by atoms with E-state index >= 15 is 0 Å². The van der Waals surface area contributed by atoms with Crippen molar-refractivity contribution in [2.24, 2.45) is 5.73 Å². The first-order chi connectivity index (χ1) is 6.56. The molecule has 1 aromatic carbocycles. The second kappa shape index (κ2) is 4.57. The standard InChI is InChI=1S/C10H11BrFNO/c1-2-3-9(13)7-4-6(12)5-8(11)10(7)14/h2,4-5,9,14H,1,3,13H2/t9-/m0/s1. The highest BCUT2D eigenvalue weighted by Gasteiger charge is 2.13. The molecule has 0 saturated carbocycles. The van der Waals surface area contributed by atoms with Crippen LogP contribution in [-0.4, -0.2) is 5.11 Å². The van der Waals surface area contributed by atoms with Crippen LogP contribution in [0.1, 0.15) is 18.0 Å². The zero-order valence-electron chi connectivity index (χ0n) is 7.50. The summed E-state index contributed by atoms with van der Waals surface area (Å²) in [5, 5.41) is 9.59. The number of halogens is 2. The van der Waals surface area contributed by atoms with E-state index in [-0.39, 0.29) is 5.75 Å². The summed E-state index contributed by atoms with van der Waals surface area (Å²) in [6.07, 6.45) is 2.12. The van der Waals surface area contributed by atoms with E-state index in [2.05, 4.69) is 22.5 Å². The Morgan fingerprint density at radius 2 is 2.29 bits per heavy atom. The van der Waals surface area contributed by atoms with Crippen molar-refractivity contribution in [2.45, 2.75) is 12.5 Å². The van der Waals surface area contributed by atoms with Gasteiger partial charge in [0.2, 0.25) is 0 Å². The lowest BCUT2D eigenvalue weighted by molar-refractivity contribution is 0.455. The number of nitrogens with two attached hydrogens (primary N) is 1. The number of rotatable bonds is 3. The molecule has 1 rings (SSSR count). The van der Waals surface area contributed by atoms with Gasteiger partial charge in [-0.05, 0) is 34.5 Å². The molecule has 0 aliphatic rings. The molecule has 1 atom stereocenters. The molecule has 3 N–H and O–H groups in total. The van der Waals surface area contributed by atoms with Gasteiger partial charge < -0.3 is 10.8 Å². The Hall–Kier alpha value is -0.870. The van der Waals surface area contributed by atoms with Crippen LogP contribution in [0.4, 0.5) is 4.39 Å². The van der Waals surface area contributed by atoms with Crippen LogP contribution < -0.4 is 5.73 Å². The third-order valence-corrected chi connectivity index (χ3v) is 2.48. The zero-order chi connectivity index (χ0) is 10.7. The molecular formula is C10H11BrFNO. The summed E-state index contributed by atoms with van der Waals surface area (Å²) in [6, 6.07) is 1.99. The van der Waals surface area contributed by atoms with Crippen LogP contribution in [-0.2, 0) is 0 Å². The van der Waals surface area contributed by atoms with Crippen molar-refractivity contribution in [3.05, 3.63) is 40.6 Å². The fraction of sp³-hybridized carbons (Fsp3) is 0.200. The lowest BCUT2D eigenvalue weighted by Crippen LogP contribution is -2.09. The van der Waals surface area contributed by atoms with Crippen molar-refractivity contribution < 1.29 is 9.50 Å². The second-order valence-corrected chi connectivity index (χ2v) is 3.81. The van der Waals surface area contributed by atoms with E-state index in [1.807, 2.05) is 0 Å². The summed E-state index contributed by atoms with van der Waals surface area (Å²) in [4.78, 5) is 0. The molecule has 0 bridgehead atoms. The summed E-state index contributed by atoms with van der Waals surface area (Å²) < 4.78 is 13.3. The Bertz CT molecular complexity index is 354. The van der Waals surface area contributed by atoms with E-state index in [9.17, 15) is 9.50 Å². The number of aromatic hydroxyl groups is 1. The van der Waals surface area contributed by atoms with Crippen molar-refractivity contribution in [3.8, 4) is 5.75 Å². The summed E-state index contributed by atoms with van der Waals surface area (Å²) in [5.41, 5.74) is 6.11. The normalized spacial score (nSPS) is 12.5. The average Bonchev–Trinajstić information content (AvgIpc) is 2.11. The molecule has 0 aliphatic carbocycles. The molecule has 0 aromatic heterocycles. The quantitative estimate of drug-likeness (QED) is 0.821. The fourth-order valence-electron chi connectivity index (χ4n) is 1.18. The lowest BCUT2D eigenvalue weighted by atomic mass is 10.0. The molecule has 2 nitrogen and oxygen atoms in total. The van der Waals surface area contributed by atoms with Crippen LogP contribution in [0.25, 0.3) is 0 Å². The first-order valence-electron chi connectivity index (χ1n) is 4.10. The molecule has 0 spiro atoms. The number of phenolic OH excluding ortho intramolecular Hbond substituents is 1. The van der Waals surface area contributed by atoms with Crippen molar-refractivity contribution >= 4 is 15.9 Å². The third kappa shape index (κ3) is 2.33. The number of phenols is 1. The van der Waals surface area contributed by atoms with E-state index in [0.29, 0.717) is 16.5 Å². The highest BCUT2D eigenvalue weighted by atomic mass is 79.9. The minimum atomic E-state index is -0.431. The van der Waals surface area contributed by atoms with Gasteiger partial charge in [-0.3, -0.25) is 0 Å². The highest BCUT2D eigenvalue weighted by molar-refractivity contribution is 9.10. The number of hydrogen-bond acceptors (Lipinski definition) is 2. The lowest BCUT2D eigenvalue weighted by Gasteiger charge is -2.12. The van der Waals surface area contributed by atoms with Gasteiger partial charge in [0.05, 0.1) is 4.47 Å². The first kappa shape index (κ1) is 11.2. The SMILES string of the molecule is C=CC[C@H](N)c1cc(F)cc(Br)c1O. The van der Waals surface area contributed by atoms with Gasteiger partial charge in [0.15, 0.2) is 0 Å². The first-order valence-corrected chi connectivity index (χ1v) is 4.90. The van der Waals surface area contributed by atoms with Crippen LogP contribution >= 0.6 is 15.9 Å². The molecule has 0 saturated heterocycles. The van der Waals surface area contributed by atoms with Crippen LogP contribution in [0.15, 0.2) is 29.3 Å². The summed E-state index contributed by atoms with van der Waals surface area (Å²) >= 11 is 3.04. The Balaban J connectivity index is 3.12. The molecule has 0 unspecified atom stereocenters. The molecule has 0 heterocycles. The predicted molar refractivity (Wildman–Crippen MR) is 57.5 cm³/mol. The van der Waals surface area contributed by atoms with E-state index in [4.69, 9.17) is 5.73 Å². The van der Waals surface area contributed by atoms with Gasteiger partial charge in [0.25, 0.3) is 0 Å². The van der Waals surface area contributed by atoms with Crippen LogP contribution in [0.2, 0.25) is 0 Å². The molecule has 0 amide bonds. The summed E-state index contributed by atoms with van der Waals surface area (Å²) in [7, 11) is 0. The molecule has 4 heteroatoms. The fourth-order valence-corrected chi connectivity index (χ4v) is 1.62. The van der Waals surface area contributed by atoms with Gasteiger partial charge in [-0.15, -0.1) is 6.58 Å². The van der Waals surface area contributed by atoms with Crippen molar-refractivity contribution in [3.63, 3.8) is 0 Å². The van der Waals surface area contributed by atoms with Gasteiger partial charge in [0.1, 0.15) is 11.6 Å². The van der Waals surface area contributed by atoms with Crippen LogP contribution in [0.3, 0.4) is 0 Å². The second-order valence-electron chi connectivity index (χ2n) is 2.96. The van der Waals surface area contributed by atoms with Crippen molar-refractivity contribution in [1.82, 2.24) is 0 Å². The molecule has 14 heavy (non-hydrogen) atoms. The summed E-state index contributed by atoms with van der Waals surface area (Å²) in [6.45, 7) is 3.53. The smallest absolute Gasteiger partial charge is 0.134 e. The van der Waals surface area contributed by atoms with Crippen LogP contribution in [0.5, 0.6) is 5.75 Å². The van der Waals surface area contributed by atoms with Gasteiger partial charge in [-0.25, -0.2) is 4.39 Å². The van der Waals surface area contributed by atoms with Gasteiger partial charge in [-0.1, -0.05) is 6.08 Å². The maximum absolute atomic E-state index is 13.0. The average molecular weight is 260 g/mol. The van der Waals surface area contributed by atoms with E-state index < -0.39 is 11.9 Å². The molecular weight excluding hydrogens is 249 g/mol. The molecule has 76 valence electrons. The Morgan fingerprint density at radius 1 is 1.64 bits per heavy atom.